The normalized spacial score (nSPS) is 10.7. The first-order chi connectivity index (χ1) is 11.5. The first kappa shape index (κ1) is 17.2. The van der Waals surface area contributed by atoms with Crippen molar-refractivity contribution in [3.05, 3.63) is 74.5 Å². The highest BCUT2D eigenvalue weighted by Gasteiger charge is 2.18. The Hall–Kier alpha value is -1.62. The summed E-state index contributed by atoms with van der Waals surface area (Å²) in [5, 5.41) is 1.69. The fourth-order valence-electron chi connectivity index (χ4n) is 2.41. The Morgan fingerprint density at radius 3 is 2.25 bits per heavy atom. The van der Waals surface area contributed by atoms with Crippen LogP contribution in [-0.2, 0) is 0 Å². The number of benzene rings is 2. The number of hydrogen-bond donors (Lipinski definition) is 0. The minimum Gasteiger partial charge on any atom is -0.369 e. The molecule has 0 amide bonds. The molecular weight excluding hydrogens is 406 g/mol. The highest BCUT2D eigenvalue weighted by Crippen LogP contribution is 2.39. The molecule has 1 aromatic heterocycles. The van der Waals surface area contributed by atoms with Gasteiger partial charge in [-0.05, 0) is 48.0 Å². The maximum Gasteiger partial charge on any atom is 0.203 e. The van der Waals surface area contributed by atoms with Crippen molar-refractivity contribution >= 4 is 49.7 Å². The topological polar surface area (TPSA) is 20.3 Å². The van der Waals surface area contributed by atoms with E-state index in [-0.39, 0.29) is 5.78 Å². The molecule has 2 nitrogen and oxygen atoms in total. The van der Waals surface area contributed by atoms with Crippen molar-refractivity contribution in [2.75, 3.05) is 19.0 Å². The third kappa shape index (κ3) is 3.56. The van der Waals surface area contributed by atoms with Crippen LogP contribution in [0.3, 0.4) is 0 Å². The first-order valence-electron chi connectivity index (χ1n) is 7.33. The van der Waals surface area contributed by atoms with Crippen LogP contribution < -0.4 is 4.90 Å². The van der Waals surface area contributed by atoms with E-state index in [0.717, 1.165) is 25.5 Å². The molecule has 5 heteroatoms. The molecule has 122 valence electrons. The van der Waals surface area contributed by atoms with Crippen LogP contribution in [0.25, 0.3) is 11.1 Å². The summed E-state index contributed by atoms with van der Waals surface area (Å²) < 4.78 is 1.03. The smallest absolute Gasteiger partial charge is 0.203 e. The number of rotatable bonds is 4. The number of ketones is 1. The predicted molar refractivity (Wildman–Crippen MR) is 107 cm³/mol. The van der Waals surface area contributed by atoms with Gasteiger partial charge in [0.15, 0.2) is 0 Å². The molecule has 0 saturated carbocycles. The Bertz CT molecular complexity index is 869. The number of thiophene rings is 1. The van der Waals surface area contributed by atoms with Crippen molar-refractivity contribution in [2.24, 2.45) is 0 Å². The molecule has 24 heavy (non-hydrogen) atoms. The van der Waals surface area contributed by atoms with Crippen LogP contribution >= 0.6 is 38.9 Å². The van der Waals surface area contributed by atoms with Gasteiger partial charge < -0.3 is 4.90 Å². The number of hydrogen-bond acceptors (Lipinski definition) is 3. The maximum atomic E-state index is 12.8. The molecule has 0 bridgehead atoms. The molecule has 0 aliphatic heterocycles. The second kappa shape index (κ2) is 7.09. The minimum absolute atomic E-state index is 0.0168. The number of halogens is 2. The average molecular weight is 421 g/mol. The molecule has 0 radical (unpaired) electrons. The number of carbonyl (C=O) groups is 1. The lowest BCUT2D eigenvalue weighted by Gasteiger charge is -2.12. The first-order valence-corrected chi connectivity index (χ1v) is 9.32. The van der Waals surface area contributed by atoms with Crippen molar-refractivity contribution in [3.8, 4) is 11.1 Å². The fourth-order valence-corrected chi connectivity index (χ4v) is 3.86. The summed E-state index contributed by atoms with van der Waals surface area (Å²) in [5.41, 5.74) is 2.80. The molecule has 0 aliphatic rings. The Morgan fingerprint density at radius 2 is 1.67 bits per heavy atom. The zero-order valence-corrected chi connectivity index (χ0v) is 16.4. The van der Waals surface area contributed by atoms with E-state index in [2.05, 4.69) is 28.1 Å². The van der Waals surface area contributed by atoms with Crippen LogP contribution in [0.15, 0.2) is 59.1 Å². The summed E-state index contributed by atoms with van der Waals surface area (Å²) in [6.45, 7) is 0. The van der Waals surface area contributed by atoms with E-state index in [1.807, 2.05) is 37.2 Å². The van der Waals surface area contributed by atoms with Gasteiger partial charge in [-0.25, -0.2) is 0 Å². The number of nitrogens with zero attached hydrogens (tertiary/aromatic N) is 1. The summed E-state index contributed by atoms with van der Waals surface area (Å²) in [7, 11) is 3.98. The minimum atomic E-state index is 0.0168. The molecular formula is C19H15BrClNOS. The van der Waals surface area contributed by atoms with Gasteiger partial charge in [0.2, 0.25) is 5.78 Å². The summed E-state index contributed by atoms with van der Waals surface area (Å²) >= 11 is 10.9. The van der Waals surface area contributed by atoms with Crippen LogP contribution in [0.5, 0.6) is 0 Å². The lowest BCUT2D eigenvalue weighted by molar-refractivity contribution is 0.104. The Kier molecular flexibility index (Phi) is 5.09. The SMILES string of the molecule is CN(C)c1sc(C(=O)c2ccc(Cl)cc2)cc1-c1ccc(Br)cc1. The molecule has 2 aromatic carbocycles. The Balaban J connectivity index is 2.04. The quantitative estimate of drug-likeness (QED) is 0.473. The summed E-state index contributed by atoms with van der Waals surface area (Å²) in [6, 6.07) is 17.1. The van der Waals surface area contributed by atoms with Crippen molar-refractivity contribution in [1.29, 1.82) is 0 Å². The van der Waals surface area contributed by atoms with Crippen LogP contribution in [0.4, 0.5) is 5.00 Å². The largest absolute Gasteiger partial charge is 0.369 e. The van der Waals surface area contributed by atoms with Gasteiger partial charge in [-0.1, -0.05) is 39.7 Å². The molecule has 0 N–H and O–H groups in total. The van der Waals surface area contributed by atoms with E-state index in [1.54, 1.807) is 24.3 Å². The Labute approximate surface area is 158 Å². The van der Waals surface area contributed by atoms with Gasteiger partial charge in [0, 0.05) is 34.7 Å². The van der Waals surface area contributed by atoms with Gasteiger partial charge in [-0.2, -0.15) is 0 Å². The second-order valence-electron chi connectivity index (χ2n) is 5.57. The number of anilines is 1. The molecule has 0 unspecified atom stereocenters. The summed E-state index contributed by atoms with van der Waals surface area (Å²) in [4.78, 5) is 15.5. The van der Waals surface area contributed by atoms with Gasteiger partial charge >= 0.3 is 0 Å². The highest BCUT2D eigenvalue weighted by atomic mass is 79.9. The van der Waals surface area contributed by atoms with Gasteiger partial charge in [-0.3, -0.25) is 4.79 Å². The lowest BCUT2D eigenvalue weighted by atomic mass is 10.1. The van der Waals surface area contributed by atoms with E-state index in [1.165, 1.54) is 11.3 Å². The number of carbonyl (C=O) groups excluding carboxylic acids is 1. The second-order valence-corrected chi connectivity index (χ2v) is 7.95. The van der Waals surface area contributed by atoms with Crippen LogP contribution in [-0.4, -0.2) is 19.9 Å². The molecule has 0 aliphatic carbocycles. The monoisotopic (exact) mass is 419 g/mol. The van der Waals surface area contributed by atoms with E-state index in [9.17, 15) is 4.79 Å². The van der Waals surface area contributed by atoms with E-state index >= 15 is 0 Å². The zero-order chi connectivity index (χ0) is 17.3. The molecule has 3 rings (SSSR count). The van der Waals surface area contributed by atoms with Crippen LogP contribution in [0.1, 0.15) is 15.2 Å². The van der Waals surface area contributed by atoms with Crippen molar-refractivity contribution in [2.45, 2.75) is 0 Å². The average Bonchev–Trinajstić information content (AvgIpc) is 3.01. The Morgan fingerprint density at radius 1 is 1.04 bits per heavy atom. The molecule has 1 heterocycles. The molecule has 0 atom stereocenters. The lowest BCUT2D eigenvalue weighted by Crippen LogP contribution is -2.07. The van der Waals surface area contributed by atoms with E-state index < -0.39 is 0 Å². The van der Waals surface area contributed by atoms with Gasteiger partial charge in [0.1, 0.15) is 0 Å². The molecule has 3 aromatic rings. The van der Waals surface area contributed by atoms with Crippen molar-refractivity contribution < 1.29 is 4.79 Å². The van der Waals surface area contributed by atoms with E-state index in [0.29, 0.717) is 10.6 Å². The molecule has 0 saturated heterocycles. The van der Waals surface area contributed by atoms with Crippen LogP contribution in [0.2, 0.25) is 5.02 Å². The van der Waals surface area contributed by atoms with Gasteiger partial charge in [0.05, 0.1) is 9.88 Å². The summed E-state index contributed by atoms with van der Waals surface area (Å²) in [5.74, 6) is 0.0168. The zero-order valence-electron chi connectivity index (χ0n) is 13.2. The van der Waals surface area contributed by atoms with Gasteiger partial charge in [0.25, 0.3) is 0 Å². The van der Waals surface area contributed by atoms with Crippen LogP contribution in [0, 0.1) is 0 Å². The third-order valence-electron chi connectivity index (χ3n) is 3.60. The third-order valence-corrected chi connectivity index (χ3v) is 5.69. The fraction of sp³-hybridized carbons (Fsp3) is 0.105. The predicted octanol–water partition coefficient (Wildman–Crippen LogP) is 6.13. The maximum absolute atomic E-state index is 12.8. The van der Waals surface area contributed by atoms with E-state index in [4.69, 9.17) is 11.6 Å². The standard InChI is InChI=1S/C19H15BrClNOS/c1-22(2)19-16(12-3-7-14(20)8-4-12)11-17(24-19)18(23)13-5-9-15(21)10-6-13/h3-11H,1-2H3. The summed E-state index contributed by atoms with van der Waals surface area (Å²) in [6.07, 6.45) is 0. The van der Waals surface area contributed by atoms with Crippen molar-refractivity contribution in [1.82, 2.24) is 0 Å². The van der Waals surface area contributed by atoms with Crippen molar-refractivity contribution in [3.63, 3.8) is 0 Å². The highest BCUT2D eigenvalue weighted by molar-refractivity contribution is 9.10. The van der Waals surface area contributed by atoms with Gasteiger partial charge in [-0.15, -0.1) is 11.3 Å². The molecule has 0 spiro atoms. The molecule has 0 fully saturated rings.